The lowest BCUT2D eigenvalue weighted by Crippen LogP contribution is -2.24. The number of anilines is 1. The van der Waals surface area contributed by atoms with E-state index in [0.717, 1.165) is 28.8 Å². The highest BCUT2D eigenvalue weighted by atomic mass is 79.9. The third kappa shape index (κ3) is 6.48. The summed E-state index contributed by atoms with van der Waals surface area (Å²) in [7, 11) is 0. The lowest BCUT2D eigenvalue weighted by Gasteiger charge is -2.25. The van der Waals surface area contributed by atoms with Crippen LogP contribution >= 0.6 is 27.5 Å². The number of ether oxygens (including phenoxy) is 1. The second-order valence-corrected chi connectivity index (χ2v) is 7.59. The topological polar surface area (TPSA) is 21.3 Å². The number of hydrogen-bond donors (Lipinski definition) is 1. The van der Waals surface area contributed by atoms with Gasteiger partial charge < -0.3 is 10.1 Å². The summed E-state index contributed by atoms with van der Waals surface area (Å²) in [6.45, 7) is 11.6. The average Bonchev–Trinajstić information content (AvgIpc) is 2.31. The second-order valence-electron chi connectivity index (χ2n) is 6.30. The van der Waals surface area contributed by atoms with E-state index in [4.69, 9.17) is 16.3 Å². The molecule has 0 atom stereocenters. The fourth-order valence-corrected chi connectivity index (χ4v) is 3.46. The zero-order valence-corrected chi connectivity index (χ0v) is 16.0. The van der Waals surface area contributed by atoms with E-state index in [1.807, 2.05) is 19.1 Å². The number of hydrogen-bond acceptors (Lipinski definition) is 2. The van der Waals surface area contributed by atoms with Crippen molar-refractivity contribution in [1.82, 2.24) is 0 Å². The molecule has 1 aromatic rings. The summed E-state index contributed by atoms with van der Waals surface area (Å²) in [6.07, 6.45) is 2.27. The van der Waals surface area contributed by atoms with Crippen LogP contribution in [0, 0.1) is 11.8 Å². The van der Waals surface area contributed by atoms with Gasteiger partial charge in [0.2, 0.25) is 0 Å². The van der Waals surface area contributed by atoms with E-state index in [9.17, 15) is 0 Å². The van der Waals surface area contributed by atoms with Gasteiger partial charge in [-0.05, 0) is 59.7 Å². The molecule has 21 heavy (non-hydrogen) atoms. The van der Waals surface area contributed by atoms with Crippen molar-refractivity contribution >= 4 is 33.2 Å². The molecular weight excluding hydrogens is 350 g/mol. The molecule has 4 heteroatoms. The van der Waals surface area contributed by atoms with Crippen molar-refractivity contribution in [2.75, 3.05) is 11.9 Å². The number of rotatable bonds is 8. The van der Waals surface area contributed by atoms with Gasteiger partial charge in [-0.25, -0.2) is 0 Å². The van der Waals surface area contributed by atoms with Crippen LogP contribution in [0.15, 0.2) is 16.6 Å². The van der Waals surface area contributed by atoms with Crippen LogP contribution in [0.4, 0.5) is 5.69 Å². The second kappa shape index (κ2) is 8.89. The molecule has 0 amide bonds. The molecule has 0 radical (unpaired) electrons. The van der Waals surface area contributed by atoms with Gasteiger partial charge in [-0.1, -0.05) is 39.3 Å². The van der Waals surface area contributed by atoms with Crippen molar-refractivity contribution in [3.63, 3.8) is 0 Å². The van der Waals surface area contributed by atoms with E-state index >= 15 is 0 Å². The van der Waals surface area contributed by atoms with E-state index in [1.54, 1.807) is 0 Å². The Hall–Kier alpha value is -0.410. The highest BCUT2D eigenvalue weighted by Crippen LogP contribution is 2.37. The fourth-order valence-electron chi connectivity index (χ4n) is 2.53. The van der Waals surface area contributed by atoms with Crippen LogP contribution in [-0.2, 0) is 0 Å². The quantitative estimate of drug-likeness (QED) is 0.569. The fraction of sp³-hybridized carbons (Fsp3) is 0.647. The van der Waals surface area contributed by atoms with Crippen LogP contribution < -0.4 is 10.1 Å². The lowest BCUT2D eigenvalue weighted by atomic mass is 9.95. The van der Waals surface area contributed by atoms with Crippen molar-refractivity contribution in [2.45, 2.75) is 53.5 Å². The van der Waals surface area contributed by atoms with Crippen molar-refractivity contribution in [2.24, 2.45) is 11.8 Å². The molecule has 120 valence electrons. The van der Waals surface area contributed by atoms with Gasteiger partial charge in [0.15, 0.2) is 5.75 Å². The monoisotopic (exact) mass is 375 g/mol. The van der Waals surface area contributed by atoms with Crippen molar-refractivity contribution in [3.8, 4) is 5.75 Å². The summed E-state index contributed by atoms with van der Waals surface area (Å²) in [5.41, 5.74) is 0.975. The molecule has 0 aromatic heterocycles. The normalized spacial score (nSPS) is 11.5. The number of nitrogens with one attached hydrogen (secondary N) is 1. The Morgan fingerprint density at radius 2 is 1.71 bits per heavy atom. The van der Waals surface area contributed by atoms with Crippen LogP contribution in [-0.4, -0.2) is 12.6 Å². The molecule has 0 aliphatic heterocycles. The van der Waals surface area contributed by atoms with Gasteiger partial charge >= 0.3 is 0 Å². The van der Waals surface area contributed by atoms with E-state index < -0.39 is 0 Å². The maximum absolute atomic E-state index is 6.19. The third-order valence-electron chi connectivity index (χ3n) is 3.17. The molecule has 1 aromatic carbocycles. The van der Waals surface area contributed by atoms with Crippen molar-refractivity contribution in [3.05, 3.63) is 21.6 Å². The summed E-state index contributed by atoms with van der Waals surface area (Å²) in [5.74, 6) is 2.15. The van der Waals surface area contributed by atoms with Gasteiger partial charge in [0.05, 0.1) is 16.8 Å². The van der Waals surface area contributed by atoms with Crippen LogP contribution in [0.1, 0.15) is 47.5 Å². The predicted molar refractivity (Wildman–Crippen MR) is 96.6 cm³/mol. The highest BCUT2D eigenvalue weighted by Gasteiger charge is 2.17. The van der Waals surface area contributed by atoms with E-state index in [1.165, 1.54) is 0 Å². The minimum atomic E-state index is 0.426. The summed E-state index contributed by atoms with van der Waals surface area (Å²) in [5, 5.41) is 4.35. The number of benzene rings is 1. The van der Waals surface area contributed by atoms with E-state index in [0.29, 0.717) is 29.5 Å². The lowest BCUT2D eigenvalue weighted by molar-refractivity contribution is 0.338. The maximum atomic E-state index is 6.19. The number of halogens is 2. The Balaban J connectivity index is 3.00. The Morgan fingerprint density at radius 3 is 2.19 bits per heavy atom. The molecule has 0 aliphatic carbocycles. The molecular formula is C17H27BrClNO. The zero-order chi connectivity index (χ0) is 16.0. The van der Waals surface area contributed by atoms with Crippen LogP contribution in [0.25, 0.3) is 0 Å². The first-order valence-electron chi connectivity index (χ1n) is 7.71. The summed E-state index contributed by atoms with van der Waals surface area (Å²) >= 11 is 9.73. The average molecular weight is 377 g/mol. The van der Waals surface area contributed by atoms with Gasteiger partial charge in [0, 0.05) is 11.1 Å². The highest BCUT2D eigenvalue weighted by molar-refractivity contribution is 9.10. The summed E-state index contributed by atoms with van der Waals surface area (Å²) < 4.78 is 6.66. The van der Waals surface area contributed by atoms with Gasteiger partial charge in [0.1, 0.15) is 0 Å². The van der Waals surface area contributed by atoms with Crippen LogP contribution in [0.5, 0.6) is 5.75 Å². The Kier molecular flexibility index (Phi) is 7.89. The minimum absolute atomic E-state index is 0.426. The largest absolute Gasteiger partial charge is 0.491 e. The minimum Gasteiger partial charge on any atom is -0.491 e. The SMILES string of the molecule is CCOc1c(Br)cc(Cl)cc1NC(CC(C)C)CC(C)C. The maximum Gasteiger partial charge on any atom is 0.156 e. The van der Waals surface area contributed by atoms with Crippen molar-refractivity contribution < 1.29 is 4.74 Å². The first kappa shape index (κ1) is 18.6. The molecule has 0 spiro atoms. The van der Waals surface area contributed by atoms with E-state index in [-0.39, 0.29) is 0 Å². The van der Waals surface area contributed by atoms with Gasteiger partial charge in [-0.3, -0.25) is 0 Å². The van der Waals surface area contributed by atoms with Crippen molar-refractivity contribution in [1.29, 1.82) is 0 Å². The molecule has 1 rings (SSSR count). The molecule has 0 heterocycles. The molecule has 0 saturated carbocycles. The standard InChI is InChI=1S/C17H27BrClNO/c1-6-21-17-15(18)9-13(19)10-16(17)20-14(7-11(2)3)8-12(4)5/h9-12,14,20H,6-8H2,1-5H3. The molecule has 1 N–H and O–H groups in total. The molecule has 0 fully saturated rings. The summed E-state index contributed by atoms with van der Waals surface area (Å²) in [6, 6.07) is 4.25. The Bertz CT molecular complexity index is 439. The van der Waals surface area contributed by atoms with Crippen LogP contribution in [0.2, 0.25) is 5.02 Å². The Morgan fingerprint density at radius 1 is 1.14 bits per heavy atom. The predicted octanol–water partition coefficient (Wildman–Crippen LogP) is 6.37. The zero-order valence-electron chi connectivity index (χ0n) is 13.7. The van der Waals surface area contributed by atoms with Gasteiger partial charge in [-0.15, -0.1) is 0 Å². The third-order valence-corrected chi connectivity index (χ3v) is 3.98. The summed E-state index contributed by atoms with van der Waals surface area (Å²) in [4.78, 5) is 0. The van der Waals surface area contributed by atoms with E-state index in [2.05, 4.69) is 48.9 Å². The molecule has 2 nitrogen and oxygen atoms in total. The smallest absolute Gasteiger partial charge is 0.156 e. The van der Waals surface area contributed by atoms with Gasteiger partial charge in [-0.2, -0.15) is 0 Å². The molecule has 0 unspecified atom stereocenters. The van der Waals surface area contributed by atoms with Gasteiger partial charge in [0.25, 0.3) is 0 Å². The molecule has 0 aliphatic rings. The molecule has 0 bridgehead atoms. The first-order valence-corrected chi connectivity index (χ1v) is 8.88. The molecule has 0 saturated heterocycles. The first-order chi connectivity index (χ1) is 9.83. The van der Waals surface area contributed by atoms with Crippen LogP contribution in [0.3, 0.4) is 0 Å². The Labute approximate surface area is 142 Å².